The summed E-state index contributed by atoms with van der Waals surface area (Å²) in [5, 5.41) is 14.8. The smallest absolute Gasteiger partial charge is 0.243 e. The van der Waals surface area contributed by atoms with Gasteiger partial charge in [-0.3, -0.25) is 4.79 Å². The van der Waals surface area contributed by atoms with E-state index < -0.39 is 15.7 Å². The van der Waals surface area contributed by atoms with E-state index >= 15 is 0 Å². The van der Waals surface area contributed by atoms with Crippen molar-refractivity contribution < 1.29 is 13.2 Å². The summed E-state index contributed by atoms with van der Waals surface area (Å²) in [5.74, 6) is -0.390. The van der Waals surface area contributed by atoms with E-state index in [1.807, 2.05) is 6.07 Å². The Morgan fingerprint density at radius 3 is 2.67 bits per heavy atom. The molecule has 6 nitrogen and oxygen atoms in total. The van der Waals surface area contributed by atoms with Gasteiger partial charge in [0.2, 0.25) is 5.91 Å². The van der Waals surface area contributed by atoms with Gasteiger partial charge in [0.05, 0.1) is 22.7 Å². The number of hydrogen-bond donors (Lipinski definition) is 2. The molecule has 0 fully saturated rings. The van der Waals surface area contributed by atoms with Gasteiger partial charge in [-0.1, -0.05) is 17.7 Å². The van der Waals surface area contributed by atoms with Gasteiger partial charge in [-0.25, -0.2) is 8.42 Å². The van der Waals surface area contributed by atoms with E-state index in [0.717, 1.165) is 6.26 Å². The molecule has 2 N–H and O–H groups in total. The Morgan fingerprint density at radius 2 is 2.00 bits per heavy atom. The van der Waals surface area contributed by atoms with Gasteiger partial charge in [0.1, 0.15) is 6.07 Å². The summed E-state index contributed by atoms with van der Waals surface area (Å²) in [4.78, 5) is 12.2. The van der Waals surface area contributed by atoms with E-state index in [2.05, 4.69) is 10.6 Å². The van der Waals surface area contributed by atoms with Crippen molar-refractivity contribution in [3.05, 3.63) is 53.1 Å². The molecule has 124 valence electrons. The van der Waals surface area contributed by atoms with Crippen LogP contribution in [0.3, 0.4) is 0 Å². The number of nitrogens with zero attached hydrogens (tertiary/aromatic N) is 1. The molecule has 0 spiro atoms. The van der Waals surface area contributed by atoms with Crippen LogP contribution in [0.5, 0.6) is 0 Å². The van der Waals surface area contributed by atoms with E-state index in [1.54, 1.807) is 18.2 Å². The van der Waals surface area contributed by atoms with Gasteiger partial charge in [0.15, 0.2) is 9.84 Å². The molecule has 0 atom stereocenters. The van der Waals surface area contributed by atoms with Crippen molar-refractivity contribution in [3.8, 4) is 6.07 Å². The lowest BCUT2D eigenvalue weighted by molar-refractivity contribution is -0.114. The second kappa shape index (κ2) is 7.34. The van der Waals surface area contributed by atoms with Gasteiger partial charge in [0.25, 0.3) is 0 Å². The zero-order valence-electron chi connectivity index (χ0n) is 12.7. The van der Waals surface area contributed by atoms with Crippen LogP contribution in [0, 0.1) is 11.3 Å². The molecular weight excluding hydrogens is 350 g/mol. The van der Waals surface area contributed by atoms with Gasteiger partial charge in [-0.05, 0) is 36.4 Å². The first kappa shape index (κ1) is 17.8. The average molecular weight is 364 g/mol. The molecule has 0 saturated heterocycles. The summed E-state index contributed by atoms with van der Waals surface area (Å²) in [6, 6.07) is 12.7. The van der Waals surface area contributed by atoms with E-state index in [1.165, 1.54) is 24.3 Å². The third kappa shape index (κ3) is 4.72. The molecule has 0 aromatic heterocycles. The minimum atomic E-state index is -3.32. The molecule has 0 aliphatic heterocycles. The van der Waals surface area contributed by atoms with E-state index in [0.29, 0.717) is 22.0 Å². The molecule has 0 radical (unpaired) electrons. The number of amides is 1. The van der Waals surface area contributed by atoms with E-state index in [-0.39, 0.29) is 11.4 Å². The number of anilines is 2. The zero-order valence-corrected chi connectivity index (χ0v) is 14.3. The average Bonchev–Trinajstić information content (AvgIpc) is 2.53. The van der Waals surface area contributed by atoms with Crippen LogP contribution >= 0.6 is 11.6 Å². The Balaban J connectivity index is 2.05. The molecule has 2 aromatic rings. The Bertz CT molecular complexity index is 920. The van der Waals surface area contributed by atoms with Crippen molar-refractivity contribution in [2.75, 3.05) is 23.4 Å². The molecule has 1 amide bonds. The third-order valence-corrected chi connectivity index (χ3v) is 4.44. The maximum absolute atomic E-state index is 12.0. The largest absolute Gasteiger partial charge is 0.376 e. The molecule has 0 aliphatic rings. The highest BCUT2D eigenvalue weighted by molar-refractivity contribution is 7.90. The summed E-state index contributed by atoms with van der Waals surface area (Å²) >= 11 is 5.86. The maximum atomic E-state index is 12.0. The highest BCUT2D eigenvalue weighted by Gasteiger charge is 2.10. The van der Waals surface area contributed by atoms with Crippen LogP contribution in [0.4, 0.5) is 11.4 Å². The van der Waals surface area contributed by atoms with Crippen LogP contribution in [0.15, 0.2) is 47.4 Å². The van der Waals surface area contributed by atoms with Gasteiger partial charge in [0, 0.05) is 17.0 Å². The summed E-state index contributed by atoms with van der Waals surface area (Å²) < 4.78 is 23.0. The van der Waals surface area contributed by atoms with Crippen LogP contribution in [0.1, 0.15) is 5.56 Å². The van der Waals surface area contributed by atoms with Crippen LogP contribution in [0.2, 0.25) is 5.02 Å². The topological polar surface area (TPSA) is 99.1 Å². The minimum absolute atomic E-state index is 0.0927. The van der Waals surface area contributed by atoms with Crippen molar-refractivity contribution in [1.29, 1.82) is 5.26 Å². The van der Waals surface area contributed by atoms with Crippen molar-refractivity contribution >= 4 is 38.7 Å². The number of rotatable bonds is 5. The molecule has 0 unspecified atom stereocenters. The molecular formula is C16H14ClN3O3S. The van der Waals surface area contributed by atoms with Crippen LogP contribution in [0.25, 0.3) is 0 Å². The molecule has 2 aromatic carbocycles. The molecule has 8 heteroatoms. The first-order chi connectivity index (χ1) is 11.3. The quantitative estimate of drug-likeness (QED) is 0.850. The van der Waals surface area contributed by atoms with Crippen LogP contribution in [-0.2, 0) is 14.6 Å². The van der Waals surface area contributed by atoms with Gasteiger partial charge >= 0.3 is 0 Å². The number of hydrogen-bond acceptors (Lipinski definition) is 5. The SMILES string of the molecule is CS(=O)(=O)c1cccc(NCC(=O)Nc2cc(Cl)ccc2C#N)c1. The minimum Gasteiger partial charge on any atom is -0.376 e. The number of nitrogens with one attached hydrogen (secondary N) is 2. The molecule has 0 aliphatic carbocycles. The van der Waals surface area contributed by atoms with Crippen LogP contribution in [-0.4, -0.2) is 27.1 Å². The first-order valence-electron chi connectivity index (χ1n) is 6.83. The Labute approximate surface area is 145 Å². The highest BCUT2D eigenvalue weighted by Crippen LogP contribution is 2.20. The highest BCUT2D eigenvalue weighted by atomic mass is 35.5. The van der Waals surface area contributed by atoms with Crippen molar-refractivity contribution in [2.45, 2.75) is 4.90 Å². The molecule has 24 heavy (non-hydrogen) atoms. The van der Waals surface area contributed by atoms with Crippen LogP contribution < -0.4 is 10.6 Å². The number of benzene rings is 2. The standard InChI is InChI=1S/C16H14ClN3O3S/c1-24(22,23)14-4-2-3-13(8-14)19-10-16(21)20-15-7-12(17)6-5-11(15)9-18/h2-8,19H,10H2,1H3,(H,20,21). The Morgan fingerprint density at radius 1 is 1.25 bits per heavy atom. The molecule has 0 saturated carbocycles. The molecule has 0 heterocycles. The number of carbonyl (C=O) groups is 1. The summed E-state index contributed by atoms with van der Waals surface area (Å²) in [6.45, 7) is -0.0927. The predicted octanol–water partition coefficient (Wildman–Crippen LogP) is 2.67. The summed E-state index contributed by atoms with van der Waals surface area (Å²) in [6.07, 6.45) is 1.11. The fraction of sp³-hybridized carbons (Fsp3) is 0.125. The maximum Gasteiger partial charge on any atom is 0.243 e. The molecule has 0 bridgehead atoms. The lowest BCUT2D eigenvalue weighted by Crippen LogP contribution is -2.22. The third-order valence-electron chi connectivity index (χ3n) is 3.09. The van der Waals surface area contributed by atoms with Crippen molar-refractivity contribution in [3.63, 3.8) is 0 Å². The number of halogens is 1. The van der Waals surface area contributed by atoms with E-state index in [4.69, 9.17) is 16.9 Å². The number of sulfone groups is 1. The zero-order chi connectivity index (χ0) is 17.7. The lowest BCUT2D eigenvalue weighted by Gasteiger charge is -2.10. The number of carbonyl (C=O) groups excluding carboxylic acids is 1. The predicted molar refractivity (Wildman–Crippen MR) is 92.8 cm³/mol. The normalized spacial score (nSPS) is 10.7. The van der Waals surface area contributed by atoms with Gasteiger partial charge < -0.3 is 10.6 Å². The van der Waals surface area contributed by atoms with Gasteiger partial charge in [-0.2, -0.15) is 5.26 Å². The fourth-order valence-electron chi connectivity index (χ4n) is 1.93. The van der Waals surface area contributed by atoms with Crippen molar-refractivity contribution in [1.82, 2.24) is 0 Å². The fourth-order valence-corrected chi connectivity index (χ4v) is 2.77. The second-order valence-electron chi connectivity index (χ2n) is 5.00. The number of nitriles is 1. The van der Waals surface area contributed by atoms with E-state index in [9.17, 15) is 13.2 Å². The monoisotopic (exact) mass is 363 g/mol. The molecule has 2 rings (SSSR count). The second-order valence-corrected chi connectivity index (χ2v) is 7.46. The summed E-state index contributed by atoms with van der Waals surface area (Å²) in [7, 11) is -3.32. The van der Waals surface area contributed by atoms with Crippen molar-refractivity contribution in [2.24, 2.45) is 0 Å². The lowest BCUT2D eigenvalue weighted by atomic mass is 10.2. The van der Waals surface area contributed by atoms with Gasteiger partial charge in [-0.15, -0.1) is 0 Å². The Hall–Kier alpha value is -2.56. The summed E-state index contributed by atoms with van der Waals surface area (Å²) in [5.41, 5.74) is 1.12. The first-order valence-corrected chi connectivity index (χ1v) is 9.10. The Kier molecular flexibility index (Phi) is 5.44.